The largest absolute Gasteiger partial charge is 0.464 e. The van der Waals surface area contributed by atoms with Gasteiger partial charge in [0.1, 0.15) is 0 Å². The van der Waals surface area contributed by atoms with E-state index in [9.17, 15) is 0 Å². The third-order valence-corrected chi connectivity index (χ3v) is 5.20. The molecule has 118 valence electrons. The fourth-order valence-electron chi connectivity index (χ4n) is 2.58. The summed E-state index contributed by atoms with van der Waals surface area (Å²) in [5.74, 6) is 6.19. The molecule has 0 radical (unpaired) electrons. The van der Waals surface area contributed by atoms with Crippen LogP contribution in [-0.2, 0) is 0 Å². The Kier molecular flexibility index (Phi) is 5.86. The summed E-state index contributed by atoms with van der Waals surface area (Å²) in [6.45, 7) is 3.23. The van der Waals surface area contributed by atoms with Crippen LogP contribution in [0.2, 0.25) is 0 Å². The maximum atomic E-state index is 5.38. The van der Waals surface area contributed by atoms with E-state index >= 15 is 0 Å². The molecule has 1 aromatic heterocycles. The van der Waals surface area contributed by atoms with Crippen LogP contribution in [-0.4, -0.2) is 39.1 Å². The van der Waals surface area contributed by atoms with Gasteiger partial charge in [-0.15, -0.1) is 0 Å². The molecule has 1 fully saturated rings. The first-order chi connectivity index (χ1) is 10.2. The van der Waals surface area contributed by atoms with Crippen molar-refractivity contribution in [1.82, 2.24) is 15.0 Å². The van der Waals surface area contributed by atoms with Gasteiger partial charge in [-0.3, -0.25) is 5.43 Å². The fourth-order valence-corrected chi connectivity index (χ4v) is 3.50. The summed E-state index contributed by atoms with van der Waals surface area (Å²) in [6.07, 6.45) is 8.56. The van der Waals surface area contributed by atoms with E-state index in [0.717, 1.165) is 6.54 Å². The normalized spacial score (nSPS) is 17.3. The zero-order valence-electron chi connectivity index (χ0n) is 12.7. The molecule has 21 heavy (non-hydrogen) atoms. The van der Waals surface area contributed by atoms with Crippen molar-refractivity contribution in [2.45, 2.75) is 43.8 Å². The number of nitrogen functional groups attached to an aromatic ring is 1. The maximum absolute atomic E-state index is 5.38. The molecule has 1 aliphatic carbocycles. The zero-order valence-corrected chi connectivity index (χ0v) is 13.5. The lowest BCUT2D eigenvalue weighted by molar-refractivity contribution is 0.312. The van der Waals surface area contributed by atoms with Gasteiger partial charge in [-0.1, -0.05) is 19.3 Å². The number of thioether (sulfide) groups is 1. The maximum Gasteiger partial charge on any atom is 0.323 e. The molecule has 2 rings (SSSR count). The topological polar surface area (TPSA) is 98.0 Å². The molecule has 0 amide bonds. The van der Waals surface area contributed by atoms with Crippen molar-refractivity contribution < 1.29 is 4.74 Å². The second-order valence-electron chi connectivity index (χ2n) is 5.14. The van der Waals surface area contributed by atoms with Crippen LogP contribution in [0.5, 0.6) is 6.01 Å². The van der Waals surface area contributed by atoms with Gasteiger partial charge in [0.25, 0.3) is 0 Å². The lowest BCUT2D eigenvalue weighted by Crippen LogP contribution is -2.36. The van der Waals surface area contributed by atoms with Crippen LogP contribution < -0.4 is 21.3 Å². The minimum absolute atomic E-state index is 0.271. The first-order valence-electron chi connectivity index (χ1n) is 7.36. The highest BCUT2D eigenvalue weighted by Crippen LogP contribution is 2.38. The van der Waals surface area contributed by atoms with Crippen molar-refractivity contribution in [2.24, 2.45) is 5.84 Å². The van der Waals surface area contributed by atoms with Crippen molar-refractivity contribution in [3.05, 3.63) is 0 Å². The molecule has 1 saturated carbocycles. The zero-order chi connectivity index (χ0) is 15.1. The first kappa shape index (κ1) is 16.1. The summed E-state index contributed by atoms with van der Waals surface area (Å²) in [7, 11) is 0. The highest BCUT2D eigenvalue weighted by molar-refractivity contribution is 8.00. The Bertz CT molecular complexity index is 452. The Morgan fingerprint density at radius 3 is 2.52 bits per heavy atom. The molecule has 0 unspecified atom stereocenters. The lowest BCUT2D eigenvalue weighted by Gasteiger charge is -2.35. The number of nitrogens with zero attached hydrogens (tertiary/aromatic N) is 3. The Balaban J connectivity index is 2.05. The van der Waals surface area contributed by atoms with Crippen LogP contribution >= 0.6 is 11.8 Å². The number of hydrogen-bond donors (Lipinski definition) is 3. The van der Waals surface area contributed by atoms with E-state index in [1.54, 1.807) is 0 Å². The molecule has 0 bridgehead atoms. The van der Waals surface area contributed by atoms with E-state index in [1.165, 1.54) is 32.1 Å². The van der Waals surface area contributed by atoms with Crippen LogP contribution in [0.3, 0.4) is 0 Å². The predicted molar refractivity (Wildman–Crippen MR) is 86.6 cm³/mol. The Morgan fingerprint density at radius 1 is 1.19 bits per heavy atom. The third kappa shape index (κ3) is 4.34. The Hall–Kier alpha value is -1.28. The molecule has 0 aromatic carbocycles. The predicted octanol–water partition coefficient (Wildman–Crippen LogP) is 2.03. The Morgan fingerprint density at radius 2 is 1.90 bits per heavy atom. The molecule has 0 atom stereocenters. The molecule has 1 aromatic rings. The van der Waals surface area contributed by atoms with Crippen molar-refractivity contribution >= 4 is 23.7 Å². The van der Waals surface area contributed by atoms with Crippen LogP contribution in [0.1, 0.15) is 39.0 Å². The molecule has 0 spiro atoms. The van der Waals surface area contributed by atoms with Gasteiger partial charge in [0, 0.05) is 11.3 Å². The number of aromatic nitrogens is 3. The van der Waals surface area contributed by atoms with Gasteiger partial charge in [-0.2, -0.15) is 26.7 Å². The Labute approximate surface area is 129 Å². The minimum Gasteiger partial charge on any atom is -0.464 e. The molecule has 0 saturated heterocycles. The van der Waals surface area contributed by atoms with Crippen LogP contribution in [0.25, 0.3) is 0 Å². The van der Waals surface area contributed by atoms with Gasteiger partial charge < -0.3 is 10.1 Å². The SMILES string of the molecule is CCOc1nc(NN)nc(NCC2(SC)CCCCC2)n1. The van der Waals surface area contributed by atoms with E-state index in [4.69, 9.17) is 10.6 Å². The summed E-state index contributed by atoms with van der Waals surface area (Å²) in [6, 6.07) is 0.282. The van der Waals surface area contributed by atoms with Gasteiger partial charge in [0.15, 0.2) is 0 Å². The van der Waals surface area contributed by atoms with Gasteiger partial charge in [-0.25, -0.2) is 5.84 Å². The smallest absolute Gasteiger partial charge is 0.323 e. The molecule has 8 heteroatoms. The lowest BCUT2D eigenvalue weighted by atomic mass is 9.88. The van der Waals surface area contributed by atoms with Gasteiger partial charge in [0.2, 0.25) is 11.9 Å². The fraction of sp³-hybridized carbons (Fsp3) is 0.769. The highest BCUT2D eigenvalue weighted by Gasteiger charge is 2.31. The summed E-state index contributed by atoms with van der Waals surface area (Å²) in [5.41, 5.74) is 2.44. The van der Waals surface area contributed by atoms with E-state index in [2.05, 4.69) is 32.0 Å². The van der Waals surface area contributed by atoms with E-state index < -0.39 is 0 Å². The second kappa shape index (κ2) is 7.65. The van der Waals surface area contributed by atoms with Crippen molar-refractivity contribution in [1.29, 1.82) is 0 Å². The number of nitrogens with two attached hydrogens (primary N) is 1. The van der Waals surface area contributed by atoms with Gasteiger partial charge in [-0.05, 0) is 26.0 Å². The summed E-state index contributed by atoms with van der Waals surface area (Å²) in [4.78, 5) is 12.5. The summed E-state index contributed by atoms with van der Waals surface area (Å²) >= 11 is 1.93. The average molecular weight is 312 g/mol. The highest BCUT2D eigenvalue weighted by atomic mass is 32.2. The van der Waals surface area contributed by atoms with Crippen molar-refractivity contribution in [3.63, 3.8) is 0 Å². The summed E-state index contributed by atoms with van der Waals surface area (Å²) in [5, 5.41) is 3.32. The number of ether oxygens (including phenoxy) is 1. The minimum atomic E-state index is 0.271. The molecule has 4 N–H and O–H groups in total. The third-order valence-electron chi connectivity index (χ3n) is 3.78. The quantitative estimate of drug-likeness (QED) is 0.520. The molecular weight excluding hydrogens is 288 g/mol. The number of hydrazine groups is 1. The van der Waals surface area contributed by atoms with E-state index in [1.807, 2.05) is 18.7 Å². The number of nitrogens with one attached hydrogen (secondary N) is 2. The summed E-state index contributed by atoms with van der Waals surface area (Å²) < 4.78 is 5.60. The standard InChI is InChI=1S/C13H24N6OS/c1-3-20-12-17-10(16-11(18-12)19-14)15-9-13(21-2)7-5-4-6-8-13/h3-9,14H2,1-2H3,(H2,15,16,17,18,19). The monoisotopic (exact) mass is 312 g/mol. The molecule has 1 aliphatic rings. The number of hydrogen-bond acceptors (Lipinski definition) is 8. The average Bonchev–Trinajstić information content (AvgIpc) is 2.54. The number of anilines is 2. The van der Waals surface area contributed by atoms with Gasteiger partial charge >= 0.3 is 6.01 Å². The van der Waals surface area contributed by atoms with Crippen molar-refractivity contribution in [3.8, 4) is 6.01 Å². The second-order valence-corrected chi connectivity index (χ2v) is 6.42. The van der Waals surface area contributed by atoms with Crippen molar-refractivity contribution in [2.75, 3.05) is 30.1 Å². The van der Waals surface area contributed by atoms with E-state index in [0.29, 0.717) is 18.5 Å². The molecular formula is C13H24N6OS. The van der Waals surface area contributed by atoms with Crippen LogP contribution in [0, 0.1) is 0 Å². The van der Waals surface area contributed by atoms with Gasteiger partial charge in [0.05, 0.1) is 6.61 Å². The molecule has 0 aliphatic heterocycles. The number of rotatable bonds is 7. The van der Waals surface area contributed by atoms with E-state index in [-0.39, 0.29) is 10.8 Å². The first-order valence-corrected chi connectivity index (χ1v) is 8.58. The molecule has 1 heterocycles. The van der Waals surface area contributed by atoms with Crippen LogP contribution in [0.4, 0.5) is 11.9 Å². The van der Waals surface area contributed by atoms with Crippen LogP contribution in [0.15, 0.2) is 0 Å². The molecule has 7 nitrogen and oxygen atoms in total.